The third-order valence-electron chi connectivity index (χ3n) is 5.33. The largest absolute Gasteiger partial charge is 0.497 e. The van der Waals surface area contributed by atoms with Gasteiger partial charge in [-0.1, -0.05) is 0 Å². The van der Waals surface area contributed by atoms with Gasteiger partial charge in [-0.15, -0.1) is 0 Å². The molecule has 2 amide bonds. The van der Waals surface area contributed by atoms with Crippen molar-refractivity contribution in [1.29, 1.82) is 0 Å². The molecule has 31 heavy (non-hydrogen) atoms. The Morgan fingerprint density at radius 2 is 1.74 bits per heavy atom. The smallest absolute Gasteiger partial charge is 0.266 e. The first-order chi connectivity index (χ1) is 14.9. The second-order valence-corrected chi connectivity index (χ2v) is 7.94. The Morgan fingerprint density at radius 1 is 1.10 bits per heavy atom. The fourth-order valence-corrected chi connectivity index (χ4v) is 4.15. The minimum Gasteiger partial charge on any atom is -0.497 e. The highest BCUT2D eigenvalue weighted by atomic mass is 79.9. The summed E-state index contributed by atoms with van der Waals surface area (Å²) in [6, 6.07) is 6.95. The van der Waals surface area contributed by atoms with Crippen LogP contribution in [0.2, 0.25) is 0 Å². The van der Waals surface area contributed by atoms with E-state index in [1.807, 2.05) is 0 Å². The number of benzene rings is 1. The van der Waals surface area contributed by atoms with Gasteiger partial charge >= 0.3 is 0 Å². The Balaban J connectivity index is 1.40. The standard InChI is InChI=1S/C20H21BrN6O4/c1-24-18-16(17(21)23-24)20(30)27(12-22-18)11-15(28)25-7-9-26(10-8-25)19(29)13-3-5-14(31-2)6-4-13/h3-6,12H,7-11H2,1-2H3. The van der Waals surface area contributed by atoms with Gasteiger partial charge in [0.1, 0.15) is 28.6 Å². The fraction of sp³-hybridized carbons (Fsp3) is 0.350. The minimum absolute atomic E-state index is 0.0814. The van der Waals surface area contributed by atoms with Gasteiger partial charge in [-0.2, -0.15) is 5.10 Å². The van der Waals surface area contributed by atoms with Crippen LogP contribution in [-0.2, 0) is 18.4 Å². The van der Waals surface area contributed by atoms with Crippen LogP contribution >= 0.6 is 15.9 Å². The number of halogens is 1. The monoisotopic (exact) mass is 488 g/mol. The first kappa shape index (κ1) is 21.0. The van der Waals surface area contributed by atoms with Gasteiger partial charge in [-0.05, 0) is 40.2 Å². The second kappa shape index (κ2) is 8.50. The molecule has 162 valence electrons. The van der Waals surface area contributed by atoms with Crippen LogP contribution in [0.4, 0.5) is 0 Å². The van der Waals surface area contributed by atoms with Gasteiger partial charge in [-0.3, -0.25) is 19.0 Å². The molecule has 1 aliphatic rings. The maximum Gasteiger partial charge on any atom is 0.266 e. The molecule has 0 aliphatic carbocycles. The number of nitrogens with zero attached hydrogens (tertiary/aromatic N) is 6. The van der Waals surface area contributed by atoms with E-state index in [9.17, 15) is 14.4 Å². The lowest BCUT2D eigenvalue weighted by molar-refractivity contribution is -0.133. The van der Waals surface area contributed by atoms with Crippen molar-refractivity contribution in [1.82, 2.24) is 29.1 Å². The van der Waals surface area contributed by atoms with E-state index in [0.29, 0.717) is 53.1 Å². The van der Waals surface area contributed by atoms with Crippen molar-refractivity contribution in [2.45, 2.75) is 6.54 Å². The molecule has 1 aromatic carbocycles. The zero-order valence-corrected chi connectivity index (χ0v) is 18.7. The zero-order chi connectivity index (χ0) is 22.1. The minimum atomic E-state index is -0.327. The Hall–Kier alpha value is -3.21. The highest BCUT2D eigenvalue weighted by Crippen LogP contribution is 2.17. The molecule has 1 aliphatic heterocycles. The average molecular weight is 489 g/mol. The number of aryl methyl sites for hydroxylation is 1. The summed E-state index contributed by atoms with van der Waals surface area (Å²) in [5.41, 5.74) is 0.700. The van der Waals surface area contributed by atoms with Crippen molar-refractivity contribution < 1.29 is 14.3 Å². The summed E-state index contributed by atoms with van der Waals surface area (Å²) in [4.78, 5) is 45.8. The van der Waals surface area contributed by atoms with Crippen LogP contribution in [0.25, 0.3) is 11.0 Å². The summed E-state index contributed by atoms with van der Waals surface area (Å²) in [6.45, 7) is 1.55. The lowest BCUT2D eigenvalue weighted by Gasteiger charge is -2.35. The molecule has 0 radical (unpaired) electrons. The van der Waals surface area contributed by atoms with Crippen LogP contribution in [0.5, 0.6) is 5.75 Å². The van der Waals surface area contributed by atoms with Crippen LogP contribution in [0.1, 0.15) is 10.4 Å². The highest BCUT2D eigenvalue weighted by Gasteiger charge is 2.25. The molecular formula is C20H21BrN6O4. The van der Waals surface area contributed by atoms with Crippen LogP contribution in [0.3, 0.4) is 0 Å². The summed E-state index contributed by atoms with van der Waals surface area (Å²) in [5, 5.41) is 4.48. The summed E-state index contributed by atoms with van der Waals surface area (Å²) < 4.78 is 8.31. The van der Waals surface area contributed by atoms with Crippen molar-refractivity contribution >= 4 is 38.8 Å². The molecule has 3 heterocycles. The van der Waals surface area contributed by atoms with Crippen LogP contribution < -0.4 is 10.3 Å². The van der Waals surface area contributed by atoms with Crippen molar-refractivity contribution in [3.8, 4) is 5.75 Å². The predicted molar refractivity (Wildman–Crippen MR) is 116 cm³/mol. The molecule has 0 saturated carbocycles. The summed E-state index contributed by atoms with van der Waals surface area (Å²) in [5.74, 6) is 0.412. The van der Waals surface area contributed by atoms with Crippen molar-refractivity contribution in [2.24, 2.45) is 7.05 Å². The van der Waals surface area contributed by atoms with Gasteiger partial charge in [0.05, 0.1) is 7.11 Å². The van der Waals surface area contributed by atoms with E-state index < -0.39 is 0 Å². The lowest BCUT2D eigenvalue weighted by Crippen LogP contribution is -2.51. The molecule has 0 N–H and O–H groups in total. The fourth-order valence-electron chi connectivity index (χ4n) is 3.57. The number of piperazine rings is 1. The van der Waals surface area contributed by atoms with Gasteiger partial charge in [0, 0.05) is 38.8 Å². The number of methoxy groups -OCH3 is 1. The topological polar surface area (TPSA) is 103 Å². The van der Waals surface area contributed by atoms with Gasteiger partial charge < -0.3 is 14.5 Å². The molecule has 1 saturated heterocycles. The van der Waals surface area contributed by atoms with Gasteiger partial charge in [0.2, 0.25) is 5.91 Å². The molecule has 0 bridgehead atoms. The van der Waals surface area contributed by atoms with E-state index in [1.54, 1.807) is 48.2 Å². The molecule has 10 nitrogen and oxygen atoms in total. The predicted octanol–water partition coefficient (Wildman–Crippen LogP) is 0.886. The Bertz CT molecular complexity index is 1190. The summed E-state index contributed by atoms with van der Waals surface area (Å²) in [6.07, 6.45) is 1.36. The number of amides is 2. The first-order valence-electron chi connectivity index (χ1n) is 9.68. The van der Waals surface area contributed by atoms with Gasteiger partial charge in [0.15, 0.2) is 5.65 Å². The lowest BCUT2D eigenvalue weighted by atomic mass is 10.1. The number of hydrogen-bond acceptors (Lipinski definition) is 6. The first-order valence-corrected chi connectivity index (χ1v) is 10.5. The Labute approximate surface area is 186 Å². The van der Waals surface area contributed by atoms with Gasteiger partial charge in [0.25, 0.3) is 11.5 Å². The molecule has 11 heteroatoms. The van der Waals surface area contributed by atoms with Crippen LogP contribution in [0, 0.1) is 0 Å². The number of carbonyl (C=O) groups excluding carboxylic acids is 2. The number of fused-ring (bicyclic) bond motifs is 1. The molecule has 2 aromatic heterocycles. The SMILES string of the molecule is COc1ccc(C(=O)N2CCN(C(=O)Cn3cnc4c(c(Br)nn4C)c3=O)CC2)cc1. The van der Waals surface area contributed by atoms with Crippen LogP contribution in [-0.4, -0.2) is 74.2 Å². The average Bonchev–Trinajstić information content (AvgIpc) is 3.09. The molecular weight excluding hydrogens is 468 g/mol. The molecule has 1 fully saturated rings. The normalized spacial score (nSPS) is 14.2. The van der Waals surface area contributed by atoms with Gasteiger partial charge in [-0.25, -0.2) is 9.67 Å². The second-order valence-electron chi connectivity index (χ2n) is 7.19. The van der Waals surface area contributed by atoms with E-state index in [-0.39, 0.29) is 23.9 Å². The molecule has 0 unspecified atom stereocenters. The Morgan fingerprint density at radius 3 is 2.39 bits per heavy atom. The number of rotatable bonds is 4. The summed E-state index contributed by atoms with van der Waals surface area (Å²) in [7, 11) is 3.27. The van der Waals surface area contributed by atoms with Crippen molar-refractivity contribution in [3.63, 3.8) is 0 Å². The third kappa shape index (κ3) is 4.05. The number of hydrogen-bond donors (Lipinski definition) is 0. The highest BCUT2D eigenvalue weighted by molar-refractivity contribution is 9.10. The quantitative estimate of drug-likeness (QED) is 0.540. The number of aromatic nitrogens is 4. The number of carbonyl (C=O) groups is 2. The maximum absolute atomic E-state index is 12.8. The van der Waals surface area contributed by atoms with E-state index in [2.05, 4.69) is 26.0 Å². The molecule has 4 rings (SSSR count). The van der Waals surface area contributed by atoms with Crippen LogP contribution in [0.15, 0.2) is 40.0 Å². The maximum atomic E-state index is 12.8. The molecule has 0 atom stereocenters. The van der Waals surface area contributed by atoms with E-state index in [4.69, 9.17) is 4.74 Å². The van der Waals surface area contributed by atoms with E-state index >= 15 is 0 Å². The Kier molecular flexibility index (Phi) is 5.77. The van der Waals surface area contributed by atoms with Crippen molar-refractivity contribution in [3.05, 3.63) is 51.1 Å². The molecule has 0 spiro atoms. The van der Waals surface area contributed by atoms with E-state index in [1.165, 1.54) is 15.6 Å². The van der Waals surface area contributed by atoms with E-state index in [0.717, 1.165) is 0 Å². The zero-order valence-electron chi connectivity index (χ0n) is 17.1. The third-order valence-corrected chi connectivity index (χ3v) is 5.89. The molecule has 3 aromatic rings. The number of ether oxygens (including phenoxy) is 1. The van der Waals surface area contributed by atoms with Crippen molar-refractivity contribution in [2.75, 3.05) is 33.3 Å². The summed E-state index contributed by atoms with van der Waals surface area (Å²) >= 11 is 3.27.